The van der Waals surface area contributed by atoms with E-state index in [2.05, 4.69) is 36.6 Å². The Morgan fingerprint density at radius 2 is 2.22 bits per heavy atom. The van der Waals surface area contributed by atoms with E-state index >= 15 is 0 Å². The Kier molecular flexibility index (Phi) is 4.79. The van der Waals surface area contributed by atoms with Gasteiger partial charge in [0, 0.05) is 6.04 Å². The minimum absolute atomic E-state index is 0.227. The molecule has 0 aromatic heterocycles. The molecule has 3 N–H and O–H groups in total. The predicted octanol–water partition coefficient (Wildman–Crippen LogP) is 2.45. The third kappa shape index (κ3) is 3.34. The van der Waals surface area contributed by atoms with Crippen LogP contribution in [0.25, 0.3) is 0 Å². The Morgan fingerprint density at radius 3 is 2.89 bits per heavy atom. The zero-order valence-corrected chi connectivity index (χ0v) is 11.0. The van der Waals surface area contributed by atoms with Crippen LogP contribution in [-0.2, 0) is 11.2 Å². The molecule has 3 heteroatoms. The van der Waals surface area contributed by atoms with Crippen molar-refractivity contribution in [2.45, 2.75) is 38.6 Å². The average Bonchev–Trinajstić information content (AvgIpc) is 2.42. The lowest BCUT2D eigenvalue weighted by Gasteiger charge is -2.22. The van der Waals surface area contributed by atoms with Crippen molar-refractivity contribution in [1.29, 1.82) is 0 Å². The molecule has 0 saturated carbocycles. The summed E-state index contributed by atoms with van der Waals surface area (Å²) in [6.07, 6.45) is 6.11. The molecule has 0 aliphatic carbocycles. The molecule has 18 heavy (non-hydrogen) atoms. The van der Waals surface area contributed by atoms with Crippen LogP contribution >= 0.6 is 0 Å². The van der Waals surface area contributed by atoms with Crippen LogP contribution in [0.5, 0.6) is 0 Å². The molecule has 0 bridgehead atoms. The molecule has 98 valence electrons. The van der Waals surface area contributed by atoms with Crippen LogP contribution in [0.3, 0.4) is 0 Å². The van der Waals surface area contributed by atoms with Crippen LogP contribution in [0.15, 0.2) is 36.1 Å². The largest absolute Gasteiger partial charge is 0.501 e. The van der Waals surface area contributed by atoms with Crippen LogP contribution in [0.1, 0.15) is 30.4 Å². The van der Waals surface area contributed by atoms with E-state index in [1.165, 1.54) is 16.7 Å². The van der Waals surface area contributed by atoms with E-state index in [9.17, 15) is 0 Å². The van der Waals surface area contributed by atoms with Crippen LogP contribution in [-0.4, -0.2) is 12.6 Å². The van der Waals surface area contributed by atoms with Crippen molar-refractivity contribution < 1.29 is 4.74 Å². The topological polar surface area (TPSA) is 47.3 Å². The van der Waals surface area contributed by atoms with E-state index in [0.717, 1.165) is 32.3 Å². The maximum Gasteiger partial charge on any atom is 0.0876 e. The summed E-state index contributed by atoms with van der Waals surface area (Å²) in [7, 11) is 0. The Labute approximate surface area is 109 Å². The smallest absolute Gasteiger partial charge is 0.0876 e. The highest BCUT2D eigenvalue weighted by molar-refractivity contribution is 5.26. The SMILES string of the molecule is Cc1ccccc1CCC(NN)C1=COCCC1. The number of hydrazine groups is 1. The van der Waals surface area contributed by atoms with Crippen LogP contribution < -0.4 is 11.3 Å². The molecule has 0 amide bonds. The molecule has 1 aliphatic heterocycles. The number of hydrogen-bond acceptors (Lipinski definition) is 3. The molecule has 1 heterocycles. The van der Waals surface area contributed by atoms with E-state index < -0.39 is 0 Å². The number of benzene rings is 1. The number of nitrogens with two attached hydrogens (primary N) is 1. The number of ether oxygens (including phenoxy) is 1. The summed E-state index contributed by atoms with van der Waals surface area (Å²) in [5.74, 6) is 5.66. The van der Waals surface area contributed by atoms with Gasteiger partial charge >= 0.3 is 0 Å². The van der Waals surface area contributed by atoms with E-state index in [1.54, 1.807) is 0 Å². The molecule has 2 rings (SSSR count). The maximum absolute atomic E-state index is 5.66. The van der Waals surface area contributed by atoms with Crippen LogP contribution in [0.2, 0.25) is 0 Å². The second kappa shape index (κ2) is 6.57. The van der Waals surface area contributed by atoms with Crippen LogP contribution in [0.4, 0.5) is 0 Å². The summed E-state index contributed by atoms with van der Waals surface area (Å²) < 4.78 is 5.38. The normalized spacial score (nSPS) is 16.9. The number of nitrogens with one attached hydrogen (secondary N) is 1. The lowest BCUT2D eigenvalue weighted by Crippen LogP contribution is -2.37. The van der Waals surface area contributed by atoms with Gasteiger partial charge in [0.15, 0.2) is 0 Å². The number of aryl methyl sites for hydroxylation is 2. The van der Waals surface area contributed by atoms with E-state index in [0.29, 0.717) is 0 Å². The van der Waals surface area contributed by atoms with Gasteiger partial charge in [-0.3, -0.25) is 11.3 Å². The first-order valence-corrected chi connectivity index (χ1v) is 6.62. The highest BCUT2D eigenvalue weighted by atomic mass is 16.5. The van der Waals surface area contributed by atoms with Gasteiger partial charge in [-0.15, -0.1) is 0 Å². The zero-order chi connectivity index (χ0) is 12.8. The molecule has 1 aromatic carbocycles. The monoisotopic (exact) mass is 246 g/mol. The Morgan fingerprint density at radius 1 is 1.39 bits per heavy atom. The van der Waals surface area contributed by atoms with Gasteiger partial charge in [-0.25, -0.2) is 0 Å². The highest BCUT2D eigenvalue weighted by Gasteiger charge is 2.15. The summed E-state index contributed by atoms with van der Waals surface area (Å²) >= 11 is 0. The van der Waals surface area contributed by atoms with Crippen molar-refractivity contribution in [3.8, 4) is 0 Å². The van der Waals surface area contributed by atoms with Crippen LogP contribution in [0, 0.1) is 6.92 Å². The van der Waals surface area contributed by atoms with Gasteiger partial charge in [0.1, 0.15) is 0 Å². The quantitative estimate of drug-likeness (QED) is 0.619. The van der Waals surface area contributed by atoms with Crippen molar-refractivity contribution in [2.75, 3.05) is 6.61 Å². The highest BCUT2D eigenvalue weighted by Crippen LogP contribution is 2.19. The second-order valence-electron chi connectivity index (χ2n) is 4.85. The Balaban J connectivity index is 1.95. The summed E-state index contributed by atoms with van der Waals surface area (Å²) in [6, 6.07) is 8.74. The maximum atomic E-state index is 5.66. The molecule has 1 unspecified atom stereocenters. The van der Waals surface area contributed by atoms with Gasteiger partial charge in [0.05, 0.1) is 12.9 Å². The minimum atomic E-state index is 0.227. The second-order valence-corrected chi connectivity index (χ2v) is 4.85. The van der Waals surface area contributed by atoms with Gasteiger partial charge in [-0.05, 0) is 49.3 Å². The zero-order valence-electron chi connectivity index (χ0n) is 11.0. The average molecular weight is 246 g/mol. The van der Waals surface area contributed by atoms with Crippen molar-refractivity contribution in [1.82, 2.24) is 5.43 Å². The number of hydrogen-bond donors (Lipinski definition) is 2. The molecule has 1 aliphatic rings. The molecule has 0 spiro atoms. The standard InChI is InChI=1S/C15H22N2O/c1-12-5-2-3-6-13(12)8-9-15(17-16)14-7-4-10-18-11-14/h2-3,5-6,11,15,17H,4,7-10,16H2,1H3. The molecule has 1 aromatic rings. The summed E-state index contributed by atoms with van der Waals surface area (Å²) in [5.41, 5.74) is 6.95. The lowest BCUT2D eigenvalue weighted by atomic mass is 9.95. The summed E-state index contributed by atoms with van der Waals surface area (Å²) in [6.45, 7) is 2.99. The fourth-order valence-electron chi connectivity index (χ4n) is 2.41. The first-order valence-electron chi connectivity index (χ1n) is 6.62. The number of rotatable bonds is 5. The van der Waals surface area contributed by atoms with E-state index in [-0.39, 0.29) is 6.04 Å². The molecule has 0 fully saturated rings. The van der Waals surface area contributed by atoms with E-state index in [4.69, 9.17) is 10.6 Å². The lowest BCUT2D eigenvalue weighted by molar-refractivity contribution is 0.218. The van der Waals surface area contributed by atoms with Gasteiger partial charge in [-0.1, -0.05) is 24.3 Å². The molecule has 1 atom stereocenters. The third-order valence-electron chi connectivity index (χ3n) is 3.57. The van der Waals surface area contributed by atoms with Crippen molar-refractivity contribution >= 4 is 0 Å². The van der Waals surface area contributed by atoms with Gasteiger partial charge in [0.25, 0.3) is 0 Å². The third-order valence-corrected chi connectivity index (χ3v) is 3.57. The first kappa shape index (κ1) is 13.1. The fourth-order valence-corrected chi connectivity index (χ4v) is 2.41. The van der Waals surface area contributed by atoms with E-state index in [1.807, 2.05) is 6.26 Å². The van der Waals surface area contributed by atoms with Gasteiger partial charge in [0.2, 0.25) is 0 Å². The van der Waals surface area contributed by atoms with Crippen molar-refractivity contribution in [2.24, 2.45) is 5.84 Å². The Hall–Kier alpha value is -1.32. The van der Waals surface area contributed by atoms with Gasteiger partial charge < -0.3 is 4.74 Å². The molecule has 0 saturated heterocycles. The van der Waals surface area contributed by atoms with Crippen molar-refractivity contribution in [3.05, 3.63) is 47.2 Å². The molecular weight excluding hydrogens is 224 g/mol. The fraction of sp³-hybridized carbons (Fsp3) is 0.467. The molecule has 3 nitrogen and oxygen atoms in total. The van der Waals surface area contributed by atoms with Gasteiger partial charge in [-0.2, -0.15) is 0 Å². The molecular formula is C15H22N2O. The minimum Gasteiger partial charge on any atom is -0.501 e. The summed E-state index contributed by atoms with van der Waals surface area (Å²) in [4.78, 5) is 0. The molecule has 0 radical (unpaired) electrons. The van der Waals surface area contributed by atoms with Crippen molar-refractivity contribution in [3.63, 3.8) is 0 Å². The Bertz CT molecular complexity index is 415. The first-order chi connectivity index (χ1) is 8.81. The predicted molar refractivity (Wildman–Crippen MR) is 73.9 cm³/mol. The summed E-state index contributed by atoms with van der Waals surface area (Å²) in [5, 5.41) is 0.